The highest BCUT2D eigenvalue weighted by atomic mass is 19.1. The van der Waals surface area contributed by atoms with Crippen LogP contribution in [-0.2, 0) is 6.54 Å². The van der Waals surface area contributed by atoms with Crippen molar-refractivity contribution in [1.82, 2.24) is 14.5 Å². The number of halogens is 1. The summed E-state index contributed by atoms with van der Waals surface area (Å²) in [7, 11) is 0. The summed E-state index contributed by atoms with van der Waals surface area (Å²) >= 11 is 0. The number of pyridine rings is 2. The number of alkyl halides is 1. The monoisotopic (exact) mass is 363 g/mol. The molecule has 1 atom stereocenters. The molecule has 0 saturated carbocycles. The summed E-state index contributed by atoms with van der Waals surface area (Å²) in [6.45, 7) is 1.62. The normalized spacial score (nSPS) is 19.0. The highest BCUT2D eigenvalue weighted by molar-refractivity contribution is 5.97. The molecule has 3 aromatic heterocycles. The topological polar surface area (TPSA) is 54.3 Å². The van der Waals surface area contributed by atoms with E-state index >= 15 is 0 Å². The second kappa shape index (κ2) is 6.19. The van der Waals surface area contributed by atoms with Gasteiger partial charge >= 0.3 is 6.03 Å². The first kappa shape index (κ1) is 16.0. The number of hydrogen-bond acceptors (Lipinski definition) is 4. The van der Waals surface area contributed by atoms with E-state index in [0.717, 1.165) is 28.3 Å². The molecule has 0 bridgehead atoms. The third-order valence-electron chi connectivity index (χ3n) is 5.15. The quantitative estimate of drug-likeness (QED) is 0.715. The van der Waals surface area contributed by atoms with Crippen LogP contribution >= 0.6 is 0 Å². The summed E-state index contributed by atoms with van der Waals surface area (Å²) in [6, 6.07) is 9.52. The summed E-state index contributed by atoms with van der Waals surface area (Å²) in [6.07, 6.45) is 6.80. The Kier molecular flexibility index (Phi) is 3.67. The Morgan fingerprint density at radius 1 is 1.15 bits per heavy atom. The SMILES string of the molecule is O=C1N(c2cccnc2)Cc2cc(-c3ccc(N4CC[C@H](F)C4)nc3)cn21. The molecule has 0 aromatic carbocycles. The number of hydrogen-bond donors (Lipinski definition) is 0. The van der Waals surface area contributed by atoms with Gasteiger partial charge < -0.3 is 4.90 Å². The predicted octanol–water partition coefficient (Wildman–Crippen LogP) is 3.48. The fraction of sp³-hybridized carbons (Fsp3) is 0.250. The Labute approximate surface area is 155 Å². The van der Waals surface area contributed by atoms with E-state index in [4.69, 9.17) is 0 Å². The molecular formula is C20H18FN5O. The fourth-order valence-electron chi connectivity index (χ4n) is 3.71. The van der Waals surface area contributed by atoms with Gasteiger partial charge in [0.05, 0.1) is 25.0 Å². The summed E-state index contributed by atoms with van der Waals surface area (Å²) < 4.78 is 15.0. The van der Waals surface area contributed by atoms with Gasteiger partial charge in [-0.15, -0.1) is 0 Å². The maximum Gasteiger partial charge on any atom is 0.333 e. The fourth-order valence-corrected chi connectivity index (χ4v) is 3.71. The van der Waals surface area contributed by atoms with Crippen LogP contribution in [-0.4, -0.2) is 39.8 Å². The number of aromatic nitrogens is 3. The van der Waals surface area contributed by atoms with Crippen LogP contribution < -0.4 is 9.80 Å². The van der Waals surface area contributed by atoms with Crippen molar-refractivity contribution < 1.29 is 9.18 Å². The molecule has 5 heterocycles. The maximum atomic E-state index is 13.4. The molecule has 0 spiro atoms. The van der Waals surface area contributed by atoms with Gasteiger partial charge in [-0.2, -0.15) is 0 Å². The van der Waals surface area contributed by atoms with Crippen LogP contribution in [0.3, 0.4) is 0 Å². The average Bonchev–Trinajstić information content (AvgIpc) is 3.39. The third-order valence-corrected chi connectivity index (χ3v) is 5.15. The van der Waals surface area contributed by atoms with Gasteiger partial charge in [0.25, 0.3) is 0 Å². The number of amides is 1. The van der Waals surface area contributed by atoms with Crippen LogP contribution in [0.25, 0.3) is 11.1 Å². The maximum absolute atomic E-state index is 13.4. The average molecular weight is 363 g/mol. The Balaban J connectivity index is 1.37. The second-order valence-electron chi connectivity index (χ2n) is 6.91. The zero-order chi connectivity index (χ0) is 18.4. The van der Waals surface area contributed by atoms with Crippen LogP contribution in [0.15, 0.2) is 55.1 Å². The van der Waals surface area contributed by atoms with Gasteiger partial charge in [-0.1, -0.05) is 0 Å². The first-order valence-corrected chi connectivity index (χ1v) is 8.97. The first-order chi connectivity index (χ1) is 13.2. The third kappa shape index (κ3) is 2.75. The Bertz CT molecular complexity index is 985. The van der Waals surface area contributed by atoms with Crippen LogP contribution in [0.4, 0.5) is 20.7 Å². The molecule has 1 amide bonds. The molecule has 0 radical (unpaired) electrons. The largest absolute Gasteiger partial charge is 0.354 e. The lowest BCUT2D eigenvalue weighted by Crippen LogP contribution is -2.25. The van der Waals surface area contributed by atoms with E-state index < -0.39 is 6.17 Å². The molecule has 2 aliphatic rings. The van der Waals surface area contributed by atoms with Gasteiger partial charge in [-0.05, 0) is 36.8 Å². The van der Waals surface area contributed by atoms with E-state index in [1.54, 1.807) is 28.1 Å². The van der Waals surface area contributed by atoms with Crippen molar-refractivity contribution >= 4 is 17.5 Å². The van der Waals surface area contributed by atoms with Gasteiger partial charge in [-0.3, -0.25) is 14.5 Å². The van der Waals surface area contributed by atoms with Gasteiger partial charge in [0, 0.05) is 42.0 Å². The second-order valence-corrected chi connectivity index (χ2v) is 6.91. The lowest BCUT2D eigenvalue weighted by Gasteiger charge is -2.16. The smallest absolute Gasteiger partial charge is 0.333 e. The van der Waals surface area contributed by atoms with Crippen molar-refractivity contribution in [3.8, 4) is 11.1 Å². The number of nitrogens with zero attached hydrogens (tertiary/aromatic N) is 5. The van der Waals surface area contributed by atoms with Gasteiger partial charge in [0.15, 0.2) is 0 Å². The lowest BCUT2D eigenvalue weighted by atomic mass is 10.1. The minimum absolute atomic E-state index is 0.0834. The van der Waals surface area contributed by atoms with Crippen molar-refractivity contribution in [1.29, 1.82) is 0 Å². The standard InChI is InChI=1S/C20H18FN5O/c21-16-5-7-24(12-16)19-4-3-14(9-23-19)15-8-18-13-26(20(27)25(18)11-15)17-2-1-6-22-10-17/h1-4,6,8-11,16H,5,7,12-13H2/t16-/m0/s1. The molecule has 1 saturated heterocycles. The zero-order valence-corrected chi connectivity index (χ0v) is 14.6. The Morgan fingerprint density at radius 2 is 2.07 bits per heavy atom. The van der Waals surface area contributed by atoms with Crippen molar-refractivity contribution in [2.45, 2.75) is 19.1 Å². The lowest BCUT2D eigenvalue weighted by molar-refractivity contribution is 0.251. The predicted molar refractivity (Wildman–Crippen MR) is 101 cm³/mol. The Hall–Kier alpha value is -3.22. The summed E-state index contributed by atoms with van der Waals surface area (Å²) in [4.78, 5) is 24.9. The van der Waals surface area contributed by atoms with Crippen molar-refractivity contribution in [2.24, 2.45) is 0 Å². The molecule has 27 heavy (non-hydrogen) atoms. The van der Waals surface area contributed by atoms with Crippen LogP contribution in [0.2, 0.25) is 0 Å². The summed E-state index contributed by atoms with van der Waals surface area (Å²) in [5.41, 5.74) is 3.61. The molecule has 7 heteroatoms. The highest BCUT2D eigenvalue weighted by Gasteiger charge is 2.29. The minimum Gasteiger partial charge on any atom is -0.354 e. The van der Waals surface area contributed by atoms with E-state index in [-0.39, 0.29) is 6.03 Å². The van der Waals surface area contributed by atoms with Gasteiger partial charge in [-0.25, -0.2) is 14.2 Å². The molecule has 2 aliphatic heterocycles. The number of carbonyl (C=O) groups excluding carboxylic acids is 1. The number of carbonyl (C=O) groups is 1. The van der Waals surface area contributed by atoms with E-state index in [2.05, 4.69) is 9.97 Å². The van der Waals surface area contributed by atoms with Gasteiger partial charge in [0.2, 0.25) is 0 Å². The summed E-state index contributed by atoms with van der Waals surface area (Å²) in [5, 5.41) is 0. The molecule has 0 unspecified atom stereocenters. The number of anilines is 2. The molecule has 6 nitrogen and oxygen atoms in total. The molecule has 0 aliphatic carbocycles. The van der Waals surface area contributed by atoms with Crippen molar-refractivity contribution in [2.75, 3.05) is 22.9 Å². The number of fused-ring (bicyclic) bond motifs is 1. The highest BCUT2D eigenvalue weighted by Crippen LogP contribution is 2.30. The molecule has 0 N–H and O–H groups in total. The van der Waals surface area contributed by atoms with E-state index in [1.165, 1.54) is 0 Å². The molecular weight excluding hydrogens is 345 g/mol. The molecule has 5 rings (SSSR count). The van der Waals surface area contributed by atoms with Crippen molar-refractivity contribution in [3.63, 3.8) is 0 Å². The van der Waals surface area contributed by atoms with Crippen molar-refractivity contribution in [3.05, 3.63) is 60.8 Å². The minimum atomic E-state index is -0.769. The zero-order valence-electron chi connectivity index (χ0n) is 14.6. The number of rotatable bonds is 3. The van der Waals surface area contributed by atoms with Crippen LogP contribution in [0, 0.1) is 0 Å². The molecule has 1 fully saturated rings. The molecule has 3 aromatic rings. The molecule has 136 valence electrons. The van der Waals surface area contributed by atoms with Gasteiger partial charge in [0.1, 0.15) is 12.0 Å². The summed E-state index contributed by atoms with van der Waals surface area (Å²) in [5.74, 6) is 0.796. The van der Waals surface area contributed by atoms with E-state index in [9.17, 15) is 9.18 Å². The van der Waals surface area contributed by atoms with Crippen LogP contribution in [0.5, 0.6) is 0 Å². The first-order valence-electron chi connectivity index (χ1n) is 8.97. The van der Waals surface area contributed by atoms with E-state index in [0.29, 0.717) is 26.1 Å². The Morgan fingerprint density at radius 3 is 2.74 bits per heavy atom. The van der Waals surface area contributed by atoms with E-state index in [1.807, 2.05) is 41.4 Å². The van der Waals surface area contributed by atoms with Crippen LogP contribution in [0.1, 0.15) is 12.1 Å².